The molecule has 132 valence electrons. The van der Waals surface area contributed by atoms with Crippen molar-refractivity contribution in [2.24, 2.45) is 5.10 Å². The van der Waals surface area contributed by atoms with Crippen LogP contribution in [0.15, 0.2) is 45.7 Å². The van der Waals surface area contributed by atoms with Crippen LogP contribution in [0.2, 0.25) is 0 Å². The van der Waals surface area contributed by atoms with Gasteiger partial charge in [-0.2, -0.15) is 5.10 Å². The molecule has 1 aromatic carbocycles. The fraction of sp³-hybridized carbons (Fsp3) is 0.250. The number of hydrogen-bond donors (Lipinski definition) is 2. The molecule has 0 fully saturated rings. The fourth-order valence-electron chi connectivity index (χ4n) is 2.50. The van der Waals surface area contributed by atoms with E-state index in [4.69, 9.17) is 0 Å². The van der Waals surface area contributed by atoms with E-state index in [0.29, 0.717) is 18.7 Å². The topological polar surface area (TPSA) is 87.6 Å². The number of hydrazone groups is 1. The predicted molar refractivity (Wildman–Crippen MR) is 94.2 cm³/mol. The van der Waals surface area contributed by atoms with Crippen LogP contribution in [0.25, 0.3) is 0 Å². The number of hydrogen-bond acceptors (Lipinski definition) is 5. The maximum atomic E-state index is 13.5. The third kappa shape index (κ3) is 4.23. The number of amides is 2. The van der Waals surface area contributed by atoms with E-state index in [2.05, 4.69) is 15.8 Å². The molecule has 2 heterocycles. The molecule has 2 N–H and O–H groups in total. The molecule has 0 radical (unpaired) electrons. The van der Waals surface area contributed by atoms with Gasteiger partial charge < -0.3 is 5.32 Å². The van der Waals surface area contributed by atoms with Crippen molar-refractivity contribution in [1.29, 1.82) is 0 Å². The molecule has 0 unspecified atom stereocenters. The second-order valence-electron chi connectivity index (χ2n) is 5.46. The van der Waals surface area contributed by atoms with E-state index >= 15 is 0 Å². The van der Waals surface area contributed by atoms with Gasteiger partial charge in [-0.15, -0.1) is 11.3 Å². The summed E-state index contributed by atoms with van der Waals surface area (Å²) in [6, 6.07) is 6.90. The number of sulfone groups is 1. The molecular formula is C16H16FN3O3S2. The molecular weight excluding hydrogens is 365 g/mol. The molecule has 1 aliphatic rings. The highest BCUT2D eigenvalue weighted by Crippen LogP contribution is 2.26. The van der Waals surface area contributed by atoms with Gasteiger partial charge in [-0.05, 0) is 36.1 Å². The van der Waals surface area contributed by atoms with E-state index in [1.165, 1.54) is 6.07 Å². The smallest absolute Gasteiger partial charge is 0.335 e. The molecule has 1 aliphatic heterocycles. The third-order valence-electron chi connectivity index (χ3n) is 3.72. The van der Waals surface area contributed by atoms with Crippen molar-refractivity contribution in [3.63, 3.8) is 0 Å². The van der Waals surface area contributed by atoms with E-state index in [9.17, 15) is 17.6 Å². The molecule has 0 aliphatic carbocycles. The largest absolute Gasteiger partial charge is 0.336 e. The summed E-state index contributed by atoms with van der Waals surface area (Å²) in [4.78, 5) is 13.0. The normalized spacial score (nSPS) is 17.1. The van der Waals surface area contributed by atoms with Crippen molar-refractivity contribution in [1.82, 2.24) is 10.7 Å². The number of nitrogens with one attached hydrogen (secondary N) is 2. The Morgan fingerprint density at radius 2 is 2.16 bits per heavy atom. The summed E-state index contributed by atoms with van der Waals surface area (Å²) in [7, 11) is -3.44. The number of benzene rings is 1. The summed E-state index contributed by atoms with van der Waals surface area (Å²) in [5.41, 5.74) is 2.89. The Morgan fingerprint density at radius 3 is 2.92 bits per heavy atom. The molecule has 9 heteroatoms. The molecule has 0 atom stereocenters. The average molecular weight is 381 g/mol. The number of fused-ring (bicyclic) bond motifs is 1. The van der Waals surface area contributed by atoms with Gasteiger partial charge in [-0.25, -0.2) is 23.0 Å². The van der Waals surface area contributed by atoms with Gasteiger partial charge in [-0.1, -0.05) is 6.07 Å². The summed E-state index contributed by atoms with van der Waals surface area (Å²) in [6.07, 6.45) is 0.836. The van der Waals surface area contributed by atoms with Crippen molar-refractivity contribution >= 4 is 32.9 Å². The van der Waals surface area contributed by atoms with Gasteiger partial charge in [0.1, 0.15) is 5.82 Å². The molecule has 2 aromatic rings. The molecule has 1 aromatic heterocycles. The lowest BCUT2D eigenvalue weighted by molar-refractivity contribution is 0.241. The second-order valence-corrected chi connectivity index (χ2v) is 8.57. The Hall–Kier alpha value is -2.26. The fourth-order valence-corrected chi connectivity index (χ4v) is 4.68. The molecule has 3 rings (SSSR count). The van der Waals surface area contributed by atoms with Crippen molar-refractivity contribution < 1.29 is 17.6 Å². The number of halogens is 1. The minimum atomic E-state index is -3.44. The van der Waals surface area contributed by atoms with Gasteiger partial charge in [0.05, 0.1) is 16.4 Å². The van der Waals surface area contributed by atoms with E-state index < -0.39 is 21.7 Å². The lowest BCUT2D eigenvalue weighted by Gasteiger charge is -2.18. The maximum Gasteiger partial charge on any atom is 0.335 e. The van der Waals surface area contributed by atoms with Crippen LogP contribution >= 0.6 is 11.3 Å². The van der Waals surface area contributed by atoms with Crippen molar-refractivity contribution in [3.05, 3.63) is 52.0 Å². The number of carbonyl (C=O) groups is 1. The van der Waals surface area contributed by atoms with Crippen molar-refractivity contribution in [2.75, 3.05) is 12.3 Å². The highest BCUT2D eigenvalue weighted by molar-refractivity contribution is 7.91. The highest BCUT2D eigenvalue weighted by atomic mass is 32.2. The Labute approximate surface area is 148 Å². The first-order valence-electron chi connectivity index (χ1n) is 7.61. The zero-order chi connectivity index (χ0) is 17.9. The Morgan fingerprint density at radius 1 is 1.32 bits per heavy atom. The Bertz CT molecular complexity index is 909. The van der Waals surface area contributed by atoms with Crippen LogP contribution in [-0.2, 0) is 16.3 Å². The van der Waals surface area contributed by atoms with Crippen molar-refractivity contribution in [3.8, 4) is 0 Å². The van der Waals surface area contributed by atoms with Crippen LogP contribution in [0.1, 0.15) is 16.9 Å². The lowest BCUT2D eigenvalue weighted by atomic mass is 10.1. The number of nitrogens with zero attached hydrogens (tertiary/aromatic N) is 1. The SMILES string of the molecule is O=C(NCCc1cccs1)NN=C1CCS(=O)(=O)c2ccc(F)cc21. The van der Waals surface area contributed by atoms with Crippen LogP contribution in [0, 0.1) is 5.82 Å². The minimum Gasteiger partial charge on any atom is -0.336 e. The quantitative estimate of drug-likeness (QED) is 0.629. The number of carbonyl (C=O) groups excluding carboxylic acids is 1. The van der Waals surface area contributed by atoms with Gasteiger partial charge in [0.2, 0.25) is 0 Å². The summed E-state index contributed by atoms with van der Waals surface area (Å²) < 4.78 is 37.6. The van der Waals surface area contributed by atoms with Gasteiger partial charge in [0, 0.05) is 23.4 Å². The zero-order valence-corrected chi connectivity index (χ0v) is 14.8. The Kier molecular flexibility index (Phi) is 5.14. The Balaban J connectivity index is 1.65. The number of urea groups is 1. The third-order valence-corrected chi connectivity index (χ3v) is 6.43. The second kappa shape index (κ2) is 7.32. The molecule has 6 nitrogen and oxygen atoms in total. The summed E-state index contributed by atoms with van der Waals surface area (Å²) >= 11 is 1.61. The summed E-state index contributed by atoms with van der Waals surface area (Å²) in [5, 5.41) is 8.61. The van der Waals surface area contributed by atoms with Crippen LogP contribution in [0.4, 0.5) is 9.18 Å². The number of rotatable bonds is 4. The maximum absolute atomic E-state index is 13.5. The van der Waals surface area contributed by atoms with E-state index in [1.807, 2.05) is 17.5 Å². The van der Waals surface area contributed by atoms with E-state index in [1.54, 1.807) is 11.3 Å². The molecule has 0 saturated carbocycles. The lowest BCUT2D eigenvalue weighted by Crippen LogP contribution is -2.35. The van der Waals surface area contributed by atoms with E-state index in [0.717, 1.165) is 17.0 Å². The van der Waals surface area contributed by atoms with Crippen LogP contribution in [-0.4, -0.2) is 32.5 Å². The standard InChI is InChI=1S/C16H16FN3O3S2/c17-11-3-4-15-13(10-11)14(6-9-25(15,22)23)19-20-16(21)18-7-5-12-2-1-8-24-12/h1-4,8,10H,5-7,9H2,(H2,18,20,21). The van der Waals surface area contributed by atoms with Crippen LogP contribution < -0.4 is 10.7 Å². The molecule has 0 saturated heterocycles. The number of thiophene rings is 1. The van der Waals surface area contributed by atoms with Gasteiger partial charge in [-0.3, -0.25) is 0 Å². The predicted octanol–water partition coefficient (Wildman–Crippen LogP) is 2.31. The van der Waals surface area contributed by atoms with Crippen molar-refractivity contribution in [2.45, 2.75) is 17.7 Å². The summed E-state index contributed by atoms with van der Waals surface area (Å²) in [5.74, 6) is -0.671. The van der Waals surface area contributed by atoms with Gasteiger partial charge >= 0.3 is 6.03 Å². The zero-order valence-electron chi connectivity index (χ0n) is 13.2. The minimum absolute atomic E-state index is 0.0406. The molecule has 2 amide bonds. The first-order chi connectivity index (χ1) is 12.0. The van der Waals surface area contributed by atoms with Crippen LogP contribution in [0.5, 0.6) is 0 Å². The summed E-state index contributed by atoms with van der Waals surface area (Å²) in [6.45, 7) is 0.455. The molecule has 0 bridgehead atoms. The first-order valence-corrected chi connectivity index (χ1v) is 10.1. The van der Waals surface area contributed by atoms with Crippen LogP contribution in [0.3, 0.4) is 0 Å². The molecule has 0 spiro atoms. The highest BCUT2D eigenvalue weighted by Gasteiger charge is 2.28. The first kappa shape index (κ1) is 17.6. The average Bonchev–Trinajstić information content (AvgIpc) is 3.07. The van der Waals surface area contributed by atoms with Gasteiger partial charge in [0.15, 0.2) is 9.84 Å². The van der Waals surface area contributed by atoms with Gasteiger partial charge in [0.25, 0.3) is 0 Å². The van der Waals surface area contributed by atoms with E-state index in [-0.39, 0.29) is 22.6 Å². The molecule has 25 heavy (non-hydrogen) atoms. The monoisotopic (exact) mass is 381 g/mol.